The molecule has 2 rings (SSSR count). The first-order chi connectivity index (χ1) is 10.2. The topological polar surface area (TPSA) is 86.2 Å². The second-order valence-electron chi connectivity index (χ2n) is 4.24. The molecule has 0 amide bonds. The first-order valence-electron chi connectivity index (χ1n) is 5.65. The van der Waals surface area contributed by atoms with Crippen molar-refractivity contribution in [3.8, 4) is 0 Å². The maximum Gasteiger partial charge on any atom is 0.375 e. The molecule has 0 unspecified atom stereocenters. The Bertz CT molecular complexity index is 776. The van der Waals surface area contributed by atoms with E-state index in [0.717, 1.165) is 25.1 Å². The van der Waals surface area contributed by atoms with Gasteiger partial charge in [0.1, 0.15) is 0 Å². The molecule has 0 bridgehead atoms. The first-order valence-corrected chi connectivity index (χ1v) is 6.40. The Labute approximate surface area is 131 Å². The van der Waals surface area contributed by atoms with Gasteiger partial charge in [-0.15, -0.1) is 0 Å². The SMILES string of the molecule is Cc1noc(C(F)(F)C(=O)c2ccc(Cl)c(Cl)c2)c1[N+](=O)[O-]. The molecule has 0 spiro atoms. The van der Waals surface area contributed by atoms with E-state index < -0.39 is 33.6 Å². The van der Waals surface area contributed by atoms with Crippen LogP contribution in [0.3, 0.4) is 0 Å². The zero-order valence-corrected chi connectivity index (χ0v) is 12.3. The Hall–Kier alpha value is -2.06. The number of hydrogen-bond donors (Lipinski definition) is 0. The number of nitro groups is 1. The molecule has 1 heterocycles. The van der Waals surface area contributed by atoms with Crippen molar-refractivity contribution in [2.45, 2.75) is 12.8 Å². The highest BCUT2D eigenvalue weighted by molar-refractivity contribution is 6.42. The molecule has 1 aromatic heterocycles. The van der Waals surface area contributed by atoms with Gasteiger partial charge in [0.2, 0.25) is 5.78 Å². The summed E-state index contributed by atoms with van der Waals surface area (Å²) in [6, 6.07) is 3.13. The number of hydrogen-bond acceptors (Lipinski definition) is 5. The van der Waals surface area contributed by atoms with Crippen LogP contribution >= 0.6 is 23.2 Å². The number of aromatic nitrogens is 1. The van der Waals surface area contributed by atoms with Crippen LogP contribution in [-0.4, -0.2) is 15.9 Å². The fourth-order valence-corrected chi connectivity index (χ4v) is 2.01. The highest BCUT2D eigenvalue weighted by Crippen LogP contribution is 2.39. The van der Waals surface area contributed by atoms with Crippen LogP contribution in [0.25, 0.3) is 0 Å². The summed E-state index contributed by atoms with van der Waals surface area (Å²) in [6.45, 7) is 1.12. The molecular weight excluding hydrogens is 345 g/mol. The van der Waals surface area contributed by atoms with Crippen molar-refractivity contribution >= 4 is 34.7 Å². The monoisotopic (exact) mass is 350 g/mol. The van der Waals surface area contributed by atoms with Crippen molar-refractivity contribution in [2.24, 2.45) is 0 Å². The number of aryl methyl sites for hydroxylation is 1. The molecule has 0 saturated heterocycles. The second-order valence-corrected chi connectivity index (χ2v) is 5.05. The van der Waals surface area contributed by atoms with E-state index in [1.54, 1.807) is 0 Å². The lowest BCUT2D eigenvalue weighted by Crippen LogP contribution is -2.26. The molecule has 0 aliphatic heterocycles. The Morgan fingerprint density at radius 3 is 2.55 bits per heavy atom. The minimum Gasteiger partial charge on any atom is -0.346 e. The van der Waals surface area contributed by atoms with Gasteiger partial charge in [-0.05, 0) is 25.1 Å². The molecule has 0 aliphatic rings. The van der Waals surface area contributed by atoms with Gasteiger partial charge in [0.15, 0.2) is 5.69 Å². The van der Waals surface area contributed by atoms with Crippen molar-refractivity contribution in [3.63, 3.8) is 0 Å². The smallest absolute Gasteiger partial charge is 0.346 e. The van der Waals surface area contributed by atoms with Crippen LogP contribution in [0.15, 0.2) is 22.7 Å². The van der Waals surface area contributed by atoms with Crippen molar-refractivity contribution in [1.82, 2.24) is 5.16 Å². The number of carbonyl (C=O) groups excluding carboxylic acids is 1. The molecule has 0 aliphatic carbocycles. The zero-order valence-electron chi connectivity index (χ0n) is 10.8. The van der Waals surface area contributed by atoms with Gasteiger partial charge in [0.25, 0.3) is 5.76 Å². The fraction of sp³-hybridized carbons (Fsp3) is 0.167. The Kier molecular flexibility index (Phi) is 4.17. The fourth-order valence-electron chi connectivity index (χ4n) is 1.71. The van der Waals surface area contributed by atoms with Crippen molar-refractivity contribution in [3.05, 3.63) is 55.4 Å². The Morgan fingerprint density at radius 1 is 1.36 bits per heavy atom. The normalized spacial score (nSPS) is 11.5. The lowest BCUT2D eigenvalue weighted by molar-refractivity contribution is -0.387. The maximum atomic E-state index is 14.2. The van der Waals surface area contributed by atoms with Crippen LogP contribution in [0.5, 0.6) is 0 Å². The van der Waals surface area contributed by atoms with Gasteiger partial charge in [0, 0.05) is 5.56 Å². The van der Waals surface area contributed by atoms with Gasteiger partial charge >= 0.3 is 11.6 Å². The predicted octanol–water partition coefficient (Wildman–Crippen LogP) is 4.17. The molecule has 0 saturated carbocycles. The number of alkyl halides is 2. The molecule has 1 aromatic carbocycles. The van der Waals surface area contributed by atoms with E-state index in [9.17, 15) is 23.7 Å². The van der Waals surface area contributed by atoms with Gasteiger partial charge in [-0.25, -0.2) is 0 Å². The molecule has 2 aromatic rings. The molecule has 0 fully saturated rings. The number of benzene rings is 1. The van der Waals surface area contributed by atoms with E-state index in [2.05, 4.69) is 9.68 Å². The highest BCUT2D eigenvalue weighted by atomic mass is 35.5. The summed E-state index contributed by atoms with van der Waals surface area (Å²) in [7, 11) is 0. The Balaban J connectivity index is 2.52. The summed E-state index contributed by atoms with van der Waals surface area (Å²) in [5.74, 6) is -7.42. The van der Waals surface area contributed by atoms with E-state index >= 15 is 0 Å². The van der Waals surface area contributed by atoms with Gasteiger partial charge in [0.05, 0.1) is 15.0 Å². The number of ketones is 1. The van der Waals surface area contributed by atoms with E-state index in [-0.39, 0.29) is 15.7 Å². The molecule has 6 nitrogen and oxygen atoms in total. The summed E-state index contributed by atoms with van der Waals surface area (Å²) in [4.78, 5) is 21.7. The van der Waals surface area contributed by atoms with Gasteiger partial charge in [-0.1, -0.05) is 28.4 Å². The molecular formula is C12H6Cl2F2N2O4. The van der Waals surface area contributed by atoms with Crippen molar-refractivity contribution < 1.29 is 23.0 Å². The van der Waals surface area contributed by atoms with E-state index in [1.807, 2.05) is 0 Å². The number of Topliss-reactive ketones (excluding diaryl/α,β-unsaturated/α-hetero) is 1. The number of rotatable bonds is 4. The van der Waals surface area contributed by atoms with E-state index in [4.69, 9.17) is 23.2 Å². The van der Waals surface area contributed by atoms with Crippen LogP contribution in [0.1, 0.15) is 21.8 Å². The summed E-state index contributed by atoms with van der Waals surface area (Å²) in [5, 5.41) is 13.9. The standard InChI is InChI=1S/C12H6Cl2F2N2O4/c1-5-9(18(20)21)11(22-17-5)12(15,16)10(19)6-2-3-7(13)8(14)4-6/h2-4H,1H3. The van der Waals surface area contributed by atoms with E-state index in [1.165, 1.54) is 0 Å². The summed E-state index contributed by atoms with van der Waals surface area (Å²) < 4.78 is 32.8. The summed E-state index contributed by atoms with van der Waals surface area (Å²) in [5.41, 5.74) is -1.87. The molecule has 0 N–H and O–H groups in total. The molecule has 0 radical (unpaired) electrons. The van der Waals surface area contributed by atoms with Crippen molar-refractivity contribution in [2.75, 3.05) is 0 Å². The molecule has 22 heavy (non-hydrogen) atoms. The third-order valence-electron chi connectivity index (χ3n) is 2.77. The van der Waals surface area contributed by atoms with Gasteiger partial charge in [-0.3, -0.25) is 14.9 Å². The summed E-state index contributed by atoms with van der Waals surface area (Å²) >= 11 is 11.3. The van der Waals surface area contributed by atoms with Crippen molar-refractivity contribution in [1.29, 1.82) is 0 Å². The van der Waals surface area contributed by atoms with Gasteiger partial charge < -0.3 is 4.52 Å². The van der Waals surface area contributed by atoms with Crippen LogP contribution in [-0.2, 0) is 5.92 Å². The molecule has 116 valence electrons. The largest absolute Gasteiger partial charge is 0.375 e. The third-order valence-corrected chi connectivity index (χ3v) is 3.51. The number of halogens is 4. The minimum absolute atomic E-state index is 0.0722. The average Bonchev–Trinajstić information content (AvgIpc) is 2.83. The summed E-state index contributed by atoms with van der Waals surface area (Å²) in [6.07, 6.45) is 0. The minimum atomic E-state index is -4.28. The average molecular weight is 351 g/mol. The Morgan fingerprint density at radius 2 is 2.00 bits per heavy atom. The second kappa shape index (κ2) is 5.62. The third kappa shape index (κ3) is 2.67. The lowest BCUT2D eigenvalue weighted by Gasteiger charge is -2.11. The van der Waals surface area contributed by atoms with Crippen LogP contribution in [0.4, 0.5) is 14.5 Å². The quantitative estimate of drug-likeness (QED) is 0.469. The number of carbonyl (C=O) groups is 1. The molecule has 0 atom stereocenters. The van der Waals surface area contributed by atoms with E-state index in [0.29, 0.717) is 0 Å². The van der Waals surface area contributed by atoms with Crippen LogP contribution in [0.2, 0.25) is 10.0 Å². The maximum absolute atomic E-state index is 14.2. The first kappa shape index (κ1) is 16.3. The van der Waals surface area contributed by atoms with Gasteiger partial charge in [-0.2, -0.15) is 8.78 Å². The van der Waals surface area contributed by atoms with Crippen LogP contribution in [0, 0.1) is 17.0 Å². The zero-order chi connectivity index (χ0) is 16.7. The number of nitrogens with zero attached hydrogens (tertiary/aromatic N) is 2. The molecule has 10 heteroatoms. The highest BCUT2D eigenvalue weighted by Gasteiger charge is 2.51. The van der Waals surface area contributed by atoms with Crippen LogP contribution < -0.4 is 0 Å². The lowest BCUT2D eigenvalue weighted by atomic mass is 10.0. The predicted molar refractivity (Wildman–Crippen MR) is 72.6 cm³/mol.